The first-order valence-corrected chi connectivity index (χ1v) is 14.6. The highest BCUT2D eigenvalue weighted by molar-refractivity contribution is 6.09. The van der Waals surface area contributed by atoms with Gasteiger partial charge in [-0.25, -0.2) is 0 Å². The van der Waals surface area contributed by atoms with Gasteiger partial charge in [-0.15, -0.1) is 0 Å². The average molecular weight is 553 g/mol. The molecule has 4 heteroatoms. The molecule has 1 aliphatic rings. The first-order valence-electron chi connectivity index (χ1n) is 14.6. The van der Waals surface area contributed by atoms with Crippen LogP contribution in [0.4, 0.5) is 0 Å². The lowest BCUT2D eigenvalue weighted by atomic mass is 9.72. The van der Waals surface area contributed by atoms with Crippen molar-refractivity contribution < 1.29 is 9.59 Å². The minimum atomic E-state index is -0.373. The second-order valence-corrected chi connectivity index (χ2v) is 11.5. The fraction of sp³-hybridized carbons (Fsp3) is 0.378. The lowest BCUT2D eigenvalue weighted by molar-refractivity contribution is -0.119. The highest BCUT2D eigenvalue weighted by Crippen LogP contribution is 2.37. The molecule has 0 aromatic heterocycles. The van der Waals surface area contributed by atoms with Gasteiger partial charge in [0.15, 0.2) is 11.6 Å². The second-order valence-electron chi connectivity index (χ2n) is 11.5. The van der Waals surface area contributed by atoms with Crippen LogP contribution in [0.5, 0.6) is 0 Å². The van der Waals surface area contributed by atoms with Gasteiger partial charge in [0.2, 0.25) is 0 Å². The van der Waals surface area contributed by atoms with Gasteiger partial charge >= 0.3 is 0 Å². The van der Waals surface area contributed by atoms with Gasteiger partial charge in [-0.1, -0.05) is 86.4 Å². The molecule has 0 heterocycles. The van der Waals surface area contributed by atoms with E-state index in [9.17, 15) is 9.59 Å². The molecule has 0 amide bonds. The maximum atomic E-state index is 14.1. The Morgan fingerprint density at radius 1 is 1.12 bits per heavy atom. The Bertz CT molecular complexity index is 1270. The molecule has 1 aromatic rings. The maximum Gasteiger partial charge on any atom is 0.166 e. The first-order chi connectivity index (χ1) is 19.4. The van der Waals surface area contributed by atoms with E-state index in [0.29, 0.717) is 54.7 Å². The molecule has 2 rings (SSSR count). The van der Waals surface area contributed by atoms with E-state index < -0.39 is 0 Å². The third-order valence-corrected chi connectivity index (χ3v) is 7.50. The Kier molecular flexibility index (Phi) is 13.4. The summed E-state index contributed by atoms with van der Waals surface area (Å²) in [5.74, 6) is -0.254. The van der Waals surface area contributed by atoms with Crippen molar-refractivity contribution in [2.75, 3.05) is 0 Å². The second kappa shape index (κ2) is 16.5. The molecule has 3 atom stereocenters. The number of hydrogen-bond donors (Lipinski definition) is 2. The van der Waals surface area contributed by atoms with Crippen LogP contribution in [0.3, 0.4) is 0 Å². The van der Waals surface area contributed by atoms with Crippen molar-refractivity contribution in [3.63, 3.8) is 0 Å². The van der Waals surface area contributed by atoms with Gasteiger partial charge in [0.25, 0.3) is 0 Å². The quantitative estimate of drug-likeness (QED) is 0.115. The lowest BCUT2D eigenvalue weighted by Gasteiger charge is -2.31. The van der Waals surface area contributed by atoms with Crippen LogP contribution in [0.15, 0.2) is 114 Å². The number of nitrogens with one attached hydrogen (secondary N) is 1. The van der Waals surface area contributed by atoms with Crippen molar-refractivity contribution in [3.05, 3.63) is 120 Å². The van der Waals surface area contributed by atoms with Gasteiger partial charge in [0.05, 0.1) is 5.71 Å². The average Bonchev–Trinajstić information content (AvgIpc) is 2.91. The molecule has 0 bridgehead atoms. The number of carbonyl (C=O) groups is 2. The van der Waals surface area contributed by atoms with E-state index >= 15 is 0 Å². The number of carbonyl (C=O) groups excluding carboxylic acids is 2. The Hall–Kier alpha value is -3.79. The van der Waals surface area contributed by atoms with E-state index in [1.807, 2.05) is 64.1 Å². The number of ketones is 2. The van der Waals surface area contributed by atoms with Crippen LogP contribution in [0.1, 0.15) is 71.8 Å². The summed E-state index contributed by atoms with van der Waals surface area (Å²) in [5.41, 5.74) is 12.3. The predicted molar refractivity (Wildman–Crippen MR) is 174 cm³/mol. The molecule has 0 saturated heterocycles. The molecule has 0 saturated carbocycles. The molecule has 3 N–H and O–H groups in total. The van der Waals surface area contributed by atoms with Crippen molar-refractivity contribution in [1.82, 2.24) is 0 Å². The summed E-state index contributed by atoms with van der Waals surface area (Å²) >= 11 is 0. The number of rotatable bonds is 17. The minimum Gasteiger partial charge on any atom is -0.403 e. The molecule has 41 heavy (non-hydrogen) atoms. The summed E-state index contributed by atoms with van der Waals surface area (Å²) in [6, 6.07) is 10.2. The normalized spacial score (nSPS) is 16.4. The molecule has 1 unspecified atom stereocenters. The highest BCUT2D eigenvalue weighted by Gasteiger charge is 2.33. The van der Waals surface area contributed by atoms with E-state index in [2.05, 4.69) is 31.9 Å². The van der Waals surface area contributed by atoms with Crippen LogP contribution < -0.4 is 5.73 Å². The van der Waals surface area contributed by atoms with Gasteiger partial charge < -0.3 is 11.1 Å². The molecule has 0 spiro atoms. The van der Waals surface area contributed by atoms with E-state index in [-0.39, 0.29) is 29.3 Å². The van der Waals surface area contributed by atoms with Crippen molar-refractivity contribution in [2.45, 2.75) is 72.6 Å². The zero-order valence-electron chi connectivity index (χ0n) is 25.5. The summed E-state index contributed by atoms with van der Waals surface area (Å²) in [4.78, 5) is 26.3. The SMILES string of the molecule is C=C(N)CC[C@@H](/C=C/C(=O)CCC)CC(=C)[C@H](Cc1ccccc1)C1C=CC(C)=C(CC(=C)C(=N)C=C(C)C)C1=O. The Balaban J connectivity index is 2.38. The van der Waals surface area contributed by atoms with Crippen molar-refractivity contribution in [1.29, 1.82) is 5.41 Å². The Labute approximate surface area is 247 Å². The maximum absolute atomic E-state index is 14.1. The number of nitrogens with two attached hydrogens (primary N) is 1. The molecule has 0 aliphatic heterocycles. The summed E-state index contributed by atoms with van der Waals surface area (Å²) in [6.07, 6.45) is 13.9. The fourth-order valence-corrected chi connectivity index (χ4v) is 5.17. The minimum absolute atomic E-state index is 0.0608. The summed E-state index contributed by atoms with van der Waals surface area (Å²) in [7, 11) is 0. The van der Waals surface area contributed by atoms with Gasteiger partial charge in [-0.2, -0.15) is 0 Å². The van der Waals surface area contributed by atoms with E-state index in [4.69, 9.17) is 11.1 Å². The number of hydrogen-bond acceptors (Lipinski definition) is 4. The van der Waals surface area contributed by atoms with Gasteiger partial charge in [-0.05, 0) is 93.6 Å². The Morgan fingerprint density at radius 2 is 1.80 bits per heavy atom. The monoisotopic (exact) mass is 552 g/mol. The molecule has 1 aromatic carbocycles. The number of Topliss-reactive ketones (excluding diaryl/α,β-unsaturated/α-hetero) is 1. The summed E-state index contributed by atoms with van der Waals surface area (Å²) in [5, 5.41) is 8.38. The largest absolute Gasteiger partial charge is 0.403 e. The van der Waals surface area contributed by atoms with E-state index in [0.717, 1.165) is 35.1 Å². The van der Waals surface area contributed by atoms with Crippen LogP contribution >= 0.6 is 0 Å². The van der Waals surface area contributed by atoms with E-state index in [1.54, 1.807) is 12.2 Å². The number of benzene rings is 1. The van der Waals surface area contributed by atoms with Gasteiger partial charge in [0, 0.05) is 30.0 Å². The predicted octanol–water partition coefficient (Wildman–Crippen LogP) is 8.59. The van der Waals surface area contributed by atoms with Crippen LogP contribution in [0.2, 0.25) is 0 Å². The molecule has 0 fully saturated rings. The van der Waals surface area contributed by atoms with Crippen molar-refractivity contribution in [3.8, 4) is 0 Å². The van der Waals surface area contributed by atoms with Crippen LogP contribution in [0, 0.1) is 23.2 Å². The highest BCUT2D eigenvalue weighted by atomic mass is 16.1. The van der Waals surface area contributed by atoms with Crippen LogP contribution in [-0.2, 0) is 16.0 Å². The van der Waals surface area contributed by atoms with Gasteiger partial charge in [0.1, 0.15) is 0 Å². The molecule has 0 radical (unpaired) electrons. The zero-order valence-corrected chi connectivity index (χ0v) is 25.5. The fourth-order valence-electron chi connectivity index (χ4n) is 5.17. The molecular weight excluding hydrogens is 504 g/mol. The molecular formula is C37H48N2O2. The van der Waals surface area contributed by atoms with Crippen molar-refractivity contribution in [2.24, 2.45) is 23.5 Å². The van der Waals surface area contributed by atoms with Crippen LogP contribution in [0.25, 0.3) is 0 Å². The standard InChI is InChI=1S/C37H48N2O2/c1-8-12-32(40)19-18-31(17-16-29(7)38)22-27(5)34(24-30-13-10-9-11-14-30)33-20-15-26(4)35(37(33)41)23-28(6)36(39)21-25(2)3/h9-11,13-15,18-21,31,33-34,39H,5-8,12,16-17,22-24,38H2,1-4H3/b19-18+,39-36?/t31-,33?,34-/m0/s1. The van der Waals surface area contributed by atoms with E-state index in [1.165, 1.54) is 0 Å². The number of allylic oxidation sites excluding steroid dienone is 11. The van der Waals surface area contributed by atoms with Crippen LogP contribution in [-0.4, -0.2) is 17.3 Å². The molecule has 1 aliphatic carbocycles. The summed E-state index contributed by atoms with van der Waals surface area (Å²) < 4.78 is 0. The smallest absolute Gasteiger partial charge is 0.166 e. The lowest BCUT2D eigenvalue weighted by Crippen LogP contribution is -2.30. The Morgan fingerprint density at radius 3 is 2.41 bits per heavy atom. The first kappa shape index (κ1) is 33.4. The molecule has 4 nitrogen and oxygen atoms in total. The van der Waals surface area contributed by atoms with Crippen molar-refractivity contribution >= 4 is 17.3 Å². The molecule has 218 valence electrons. The third kappa shape index (κ3) is 11.0. The summed E-state index contributed by atoms with van der Waals surface area (Å²) in [6.45, 7) is 20.3. The topological polar surface area (TPSA) is 84.0 Å². The van der Waals surface area contributed by atoms with Gasteiger partial charge in [-0.3, -0.25) is 9.59 Å². The zero-order chi connectivity index (χ0) is 30.5. The third-order valence-electron chi connectivity index (χ3n) is 7.50.